The van der Waals surface area contributed by atoms with Gasteiger partial charge < -0.3 is 20.8 Å². The number of primary amides is 1. The number of thiophene rings is 1. The summed E-state index contributed by atoms with van der Waals surface area (Å²) in [5, 5.41) is 3.99. The number of aromatic nitrogens is 1. The molecular formula is C20H19N3O4S. The molecule has 2 heterocycles. The number of hydrogen-bond donors (Lipinski definition) is 3. The zero-order valence-corrected chi connectivity index (χ0v) is 15.9. The van der Waals surface area contributed by atoms with Gasteiger partial charge in [0, 0.05) is 15.8 Å². The van der Waals surface area contributed by atoms with Crippen molar-refractivity contribution in [2.75, 3.05) is 11.9 Å². The molecule has 8 heteroatoms. The number of H-pyrrole nitrogens is 1. The summed E-state index contributed by atoms with van der Waals surface area (Å²) in [6.07, 6.45) is 3.72. The topological polar surface area (TPSA) is 114 Å². The standard InChI is InChI=1S/C20H19N3O4S/c21-18(25)17-12-6-2-4-8-15(12)28-19(17)23-16(24)10-27-20(26)14-9-11-5-1-3-7-13(11)22-14/h1,3,5,7,9,22H,2,4,6,8,10H2,(H2,21,25)(H,23,24). The van der Waals surface area contributed by atoms with Crippen LogP contribution >= 0.6 is 11.3 Å². The molecule has 0 fully saturated rings. The van der Waals surface area contributed by atoms with Gasteiger partial charge in [-0.1, -0.05) is 18.2 Å². The highest BCUT2D eigenvalue weighted by molar-refractivity contribution is 7.17. The van der Waals surface area contributed by atoms with Gasteiger partial charge >= 0.3 is 5.97 Å². The van der Waals surface area contributed by atoms with Crippen molar-refractivity contribution >= 4 is 45.0 Å². The molecule has 0 aliphatic heterocycles. The highest BCUT2D eigenvalue weighted by atomic mass is 32.1. The van der Waals surface area contributed by atoms with Crippen LogP contribution in [0.4, 0.5) is 5.00 Å². The van der Waals surface area contributed by atoms with Crippen molar-refractivity contribution in [1.82, 2.24) is 4.98 Å². The number of hydrogen-bond acceptors (Lipinski definition) is 5. The third kappa shape index (κ3) is 3.50. The van der Waals surface area contributed by atoms with Crippen molar-refractivity contribution in [2.24, 2.45) is 5.73 Å². The molecule has 3 aromatic rings. The summed E-state index contributed by atoms with van der Waals surface area (Å²) in [5.74, 6) is -1.68. The monoisotopic (exact) mass is 397 g/mol. The number of benzene rings is 1. The minimum atomic E-state index is -0.619. The molecule has 0 unspecified atom stereocenters. The van der Waals surface area contributed by atoms with Gasteiger partial charge in [0.15, 0.2) is 6.61 Å². The average Bonchev–Trinajstić information content (AvgIpc) is 3.27. The van der Waals surface area contributed by atoms with Crippen LogP contribution in [0.1, 0.15) is 44.1 Å². The Labute approximate surface area is 164 Å². The maximum Gasteiger partial charge on any atom is 0.355 e. The van der Waals surface area contributed by atoms with E-state index in [4.69, 9.17) is 10.5 Å². The molecule has 0 saturated carbocycles. The Kier molecular flexibility index (Phi) is 4.87. The number of aryl methyl sites for hydroxylation is 1. The van der Waals surface area contributed by atoms with Crippen molar-refractivity contribution < 1.29 is 19.1 Å². The van der Waals surface area contributed by atoms with E-state index >= 15 is 0 Å². The van der Waals surface area contributed by atoms with E-state index in [1.165, 1.54) is 11.3 Å². The zero-order valence-electron chi connectivity index (χ0n) is 15.0. The lowest BCUT2D eigenvalue weighted by Gasteiger charge is -2.11. The number of ether oxygens (including phenoxy) is 1. The maximum atomic E-state index is 12.3. The first-order chi connectivity index (χ1) is 13.5. The number of carbonyl (C=O) groups excluding carboxylic acids is 3. The van der Waals surface area contributed by atoms with Crippen molar-refractivity contribution in [3.8, 4) is 0 Å². The first-order valence-corrected chi connectivity index (χ1v) is 9.83. The van der Waals surface area contributed by atoms with Crippen LogP contribution in [-0.4, -0.2) is 29.4 Å². The van der Waals surface area contributed by atoms with E-state index in [0.29, 0.717) is 10.6 Å². The van der Waals surface area contributed by atoms with Crippen LogP contribution in [-0.2, 0) is 22.4 Å². The molecular weight excluding hydrogens is 378 g/mol. The average molecular weight is 397 g/mol. The SMILES string of the molecule is NC(=O)c1c(NC(=O)COC(=O)c2cc3ccccc3[nH]2)sc2c1CCCC2. The number of nitrogens with one attached hydrogen (secondary N) is 2. The fourth-order valence-corrected chi connectivity index (χ4v) is 4.78. The minimum Gasteiger partial charge on any atom is -0.451 e. The zero-order chi connectivity index (χ0) is 19.7. The van der Waals surface area contributed by atoms with Gasteiger partial charge in [0.05, 0.1) is 5.56 Å². The number of carbonyl (C=O) groups is 3. The largest absolute Gasteiger partial charge is 0.451 e. The summed E-state index contributed by atoms with van der Waals surface area (Å²) in [6.45, 7) is -0.449. The van der Waals surface area contributed by atoms with Crippen LogP contribution in [0.15, 0.2) is 30.3 Å². The number of anilines is 1. The number of rotatable bonds is 5. The van der Waals surface area contributed by atoms with E-state index in [1.807, 2.05) is 24.3 Å². The Hall–Kier alpha value is -3.13. The molecule has 7 nitrogen and oxygen atoms in total. The second-order valence-electron chi connectivity index (χ2n) is 6.67. The van der Waals surface area contributed by atoms with Gasteiger partial charge in [-0.15, -0.1) is 11.3 Å². The predicted molar refractivity (Wildman–Crippen MR) is 107 cm³/mol. The molecule has 28 heavy (non-hydrogen) atoms. The van der Waals surface area contributed by atoms with E-state index < -0.39 is 24.4 Å². The Morgan fingerprint density at radius 3 is 2.75 bits per heavy atom. The van der Waals surface area contributed by atoms with Crippen LogP contribution in [0, 0.1) is 0 Å². The highest BCUT2D eigenvalue weighted by Gasteiger charge is 2.25. The smallest absolute Gasteiger partial charge is 0.355 e. The minimum absolute atomic E-state index is 0.276. The summed E-state index contributed by atoms with van der Waals surface area (Å²) < 4.78 is 5.10. The molecule has 0 atom stereocenters. The second-order valence-corrected chi connectivity index (χ2v) is 7.78. The van der Waals surface area contributed by atoms with E-state index in [-0.39, 0.29) is 5.69 Å². The van der Waals surface area contributed by atoms with Gasteiger partial charge in [-0.3, -0.25) is 9.59 Å². The summed E-state index contributed by atoms with van der Waals surface area (Å²) in [7, 11) is 0. The van der Waals surface area contributed by atoms with Crippen LogP contribution < -0.4 is 11.1 Å². The van der Waals surface area contributed by atoms with Crippen LogP contribution in [0.2, 0.25) is 0 Å². The molecule has 0 radical (unpaired) electrons. The van der Waals surface area contributed by atoms with Gasteiger partial charge in [0.25, 0.3) is 11.8 Å². The normalized spacial score (nSPS) is 13.1. The summed E-state index contributed by atoms with van der Waals surface area (Å²) >= 11 is 1.37. The van der Waals surface area contributed by atoms with Crippen molar-refractivity contribution in [1.29, 1.82) is 0 Å². The second kappa shape index (κ2) is 7.47. The number of esters is 1. The molecule has 2 aromatic heterocycles. The first-order valence-electron chi connectivity index (χ1n) is 9.02. The Balaban J connectivity index is 1.42. The number of para-hydroxylation sites is 1. The summed E-state index contributed by atoms with van der Waals surface area (Å²) in [5.41, 5.74) is 7.93. The van der Waals surface area contributed by atoms with E-state index in [2.05, 4.69) is 10.3 Å². The van der Waals surface area contributed by atoms with Gasteiger partial charge in [-0.25, -0.2) is 4.79 Å². The fourth-order valence-electron chi connectivity index (χ4n) is 3.47. The predicted octanol–water partition coefficient (Wildman–Crippen LogP) is 3.00. The van der Waals surface area contributed by atoms with Gasteiger partial charge in [-0.05, 0) is 43.4 Å². The Bertz CT molecular complexity index is 1050. The van der Waals surface area contributed by atoms with E-state index in [0.717, 1.165) is 47.0 Å². The van der Waals surface area contributed by atoms with Crippen LogP contribution in [0.3, 0.4) is 0 Å². The third-order valence-electron chi connectivity index (χ3n) is 4.75. The van der Waals surface area contributed by atoms with E-state index in [9.17, 15) is 14.4 Å². The molecule has 0 bridgehead atoms. The molecule has 2 amide bonds. The van der Waals surface area contributed by atoms with Crippen molar-refractivity contribution in [3.63, 3.8) is 0 Å². The Morgan fingerprint density at radius 2 is 1.96 bits per heavy atom. The lowest BCUT2D eigenvalue weighted by Crippen LogP contribution is -2.23. The highest BCUT2D eigenvalue weighted by Crippen LogP contribution is 2.37. The molecule has 144 valence electrons. The van der Waals surface area contributed by atoms with Gasteiger partial charge in [-0.2, -0.15) is 0 Å². The molecule has 1 aromatic carbocycles. The Morgan fingerprint density at radius 1 is 1.18 bits per heavy atom. The molecule has 0 spiro atoms. The van der Waals surface area contributed by atoms with Gasteiger partial charge in [0.2, 0.25) is 0 Å². The summed E-state index contributed by atoms with van der Waals surface area (Å²) in [4.78, 5) is 40.4. The van der Waals surface area contributed by atoms with Gasteiger partial charge in [0.1, 0.15) is 10.7 Å². The van der Waals surface area contributed by atoms with Crippen molar-refractivity contribution in [3.05, 3.63) is 52.0 Å². The van der Waals surface area contributed by atoms with Crippen LogP contribution in [0.25, 0.3) is 10.9 Å². The fraction of sp³-hybridized carbons (Fsp3) is 0.250. The molecule has 1 aliphatic rings. The lowest BCUT2D eigenvalue weighted by atomic mass is 9.95. The van der Waals surface area contributed by atoms with Crippen LogP contribution in [0.5, 0.6) is 0 Å². The molecule has 4 N–H and O–H groups in total. The lowest BCUT2D eigenvalue weighted by molar-refractivity contribution is -0.119. The molecule has 1 aliphatic carbocycles. The third-order valence-corrected chi connectivity index (χ3v) is 5.96. The number of amides is 2. The quantitative estimate of drug-likeness (QED) is 0.574. The number of aromatic amines is 1. The van der Waals surface area contributed by atoms with Crippen molar-refractivity contribution in [2.45, 2.75) is 25.7 Å². The number of nitrogens with two attached hydrogens (primary N) is 1. The maximum absolute atomic E-state index is 12.3. The molecule has 0 saturated heterocycles. The first kappa shape index (κ1) is 18.2. The summed E-state index contributed by atoms with van der Waals surface area (Å²) in [6, 6.07) is 9.13. The van der Waals surface area contributed by atoms with E-state index in [1.54, 1.807) is 6.07 Å². The molecule has 4 rings (SSSR count). The number of fused-ring (bicyclic) bond motifs is 2.